The van der Waals surface area contributed by atoms with E-state index in [1.165, 1.54) is 0 Å². The van der Waals surface area contributed by atoms with E-state index < -0.39 is 27.7 Å². The van der Waals surface area contributed by atoms with Crippen molar-refractivity contribution in [2.75, 3.05) is 31.2 Å². The van der Waals surface area contributed by atoms with Gasteiger partial charge in [0, 0.05) is 19.1 Å². The van der Waals surface area contributed by atoms with Gasteiger partial charge in [-0.05, 0) is 13.8 Å². The Morgan fingerprint density at radius 3 is 2.71 bits per heavy atom. The van der Waals surface area contributed by atoms with Crippen molar-refractivity contribution in [1.82, 2.24) is 4.90 Å². The molecule has 0 aromatic carbocycles. The van der Waals surface area contributed by atoms with E-state index in [0.717, 1.165) is 6.54 Å². The van der Waals surface area contributed by atoms with E-state index >= 15 is 0 Å². The fraction of sp³-hybridized carbons (Fsp3) is 0.900. The van der Waals surface area contributed by atoms with E-state index in [1.807, 2.05) is 13.8 Å². The molecule has 1 aliphatic heterocycles. The number of ether oxygens (including phenoxy) is 1. The van der Waals surface area contributed by atoms with E-state index in [0.29, 0.717) is 19.2 Å². The molecule has 0 aromatic rings. The molecule has 1 atom stereocenters. The molecular formula is C10H19NO5S. The molecule has 0 bridgehead atoms. The van der Waals surface area contributed by atoms with Crippen LogP contribution in [0.1, 0.15) is 13.8 Å². The monoisotopic (exact) mass is 265 g/mol. The average molecular weight is 265 g/mol. The third kappa shape index (κ3) is 5.01. The predicted octanol–water partition coefficient (Wildman–Crippen LogP) is -0.405. The Hall–Kier alpha value is -0.660. The lowest BCUT2D eigenvalue weighted by atomic mass is 10.2. The van der Waals surface area contributed by atoms with E-state index in [1.54, 1.807) is 0 Å². The fourth-order valence-electron chi connectivity index (χ4n) is 1.84. The number of carboxylic acid groups (broad SMARTS) is 1. The second-order valence-corrected chi connectivity index (χ2v) is 6.64. The van der Waals surface area contributed by atoms with Crippen LogP contribution < -0.4 is 0 Å². The molecule has 1 fully saturated rings. The molecule has 1 aliphatic rings. The van der Waals surface area contributed by atoms with Crippen LogP contribution in [0.3, 0.4) is 0 Å². The molecule has 0 aliphatic carbocycles. The Kier molecular flexibility index (Phi) is 4.91. The normalized spacial score (nSPS) is 22.9. The summed E-state index contributed by atoms with van der Waals surface area (Å²) in [5.74, 6) is -2.36. The zero-order valence-corrected chi connectivity index (χ0v) is 10.9. The maximum Gasteiger partial charge on any atom is 0.318 e. The highest BCUT2D eigenvalue weighted by molar-refractivity contribution is 7.92. The Morgan fingerprint density at radius 1 is 1.53 bits per heavy atom. The van der Waals surface area contributed by atoms with Gasteiger partial charge in [-0.15, -0.1) is 0 Å². The van der Waals surface area contributed by atoms with Crippen molar-refractivity contribution in [3.63, 3.8) is 0 Å². The summed E-state index contributed by atoms with van der Waals surface area (Å²) in [6, 6.07) is 0.337. The molecule has 0 aromatic heterocycles. The summed E-state index contributed by atoms with van der Waals surface area (Å²) >= 11 is 0. The van der Waals surface area contributed by atoms with Crippen LogP contribution >= 0.6 is 0 Å². The van der Waals surface area contributed by atoms with Crippen molar-refractivity contribution in [3.8, 4) is 0 Å². The number of hydrogen-bond donors (Lipinski definition) is 1. The topological polar surface area (TPSA) is 83.9 Å². The van der Waals surface area contributed by atoms with Crippen LogP contribution in [0.5, 0.6) is 0 Å². The van der Waals surface area contributed by atoms with Gasteiger partial charge in [-0.2, -0.15) is 0 Å². The molecule has 1 saturated heterocycles. The van der Waals surface area contributed by atoms with Gasteiger partial charge in [-0.1, -0.05) is 0 Å². The number of rotatable bonds is 5. The van der Waals surface area contributed by atoms with Crippen LogP contribution in [0.2, 0.25) is 0 Å². The highest BCUT2D eigenvalue weighted by atomic mass is 32.2. The minimum atomic E-state index is -3.58. The summed E-state index contributed by atoms with van der Waals surface area (Å²) < 4.78 is 28.4. The van der Waals surface area contributed by atoms with Crippen molar-refractivity contribution in [1.29, 1.82) is 0 Å². The highest BCUT2D eigenvalue weighted by Crippen LogP contribution is 2.11. The van der Waals surface area contributed by atoms with Gasteiger partial charge in [0.05, 0.1) is 18.5 Å². The number of carbonyl (C=O) groups is 1. The Balaban J connectivity index is 2.54. The zero-order valence-electron chi connectivity index (χ0n) is 10.1. The van der Waals surface area contributed by atoms with Gasteiger partial charge in [-0.25, -0.2) is 8.42 Å². The van der Waals surface area contributed by atoms with Crippen molar-refractivity contribution in [3.05, 3.63) is 0 Å². The lowest BCUT2D eigenvalue weighted by Crippen LogP contribution is -2.48. The third-order valence-corrected chi connectivity index (χ3v) is 4.25. The first-order chi connectivity index (χ1) is 7.80. The van der Waals surface area contributed by atoms with Gasteiger partial charge < -0.3 is 9.84 Å². The van der Waals surface area contributed by atoms with Gasteiger partial charge in [0.25, 0.3) is 0 Å². The van der Waals surface area contributed by atoms with E-state index in [9.17, 15) is 13.2 Å². The minimum absolute atomic E-state index is 0.220. The summed E-state index contributed by atoms with van der Waals surface area (Å²) in [6.07, 6.45) is -0.421. The number of morpholine rings is 1. The van der Waals surface area contributed by atoms with E-state index in [2.05, 4.69) is 4.90 Å². The molecule has 100 valence electrons. The number of hydrogen-bond acceptors (Lipinski definition) is 5. The van der Waals surface area contributed by atoms with Crippen molar-refractivity contribution < 1.29 is 23.1 Å². The van der Waals surface area contributed by atoms with Crippen LogP contribution in [0.4, 0.5) is 0 Å². The summed E-state index contributed by atoms with van der Waals surface area (Å²) in [6.45, 7) is 5.89. The largest absolute Gasteiger partial charge is 0.480 e. The lowest BCUT2D eigenvalue weighted by Gasteiger charge is -2.35. The van der Waals surface area contributed by atoms with Crippen LogP contribution in [0, 0.1) is 0 Å². The Bertz CT molecular complexity index is 365. The minimum Gasteiger partial charge on any atom is -0.480 e. The average Bonchev–Trinajstić information content (AvgIpc) is 2.14. The molecular weight excluding hydrogens is 246 g/mol. The molecule has 1 heterocycles. The van der Waals surface area contributed by atoms with Crippen LogP contribution in [0.25, 0.3) is 0 Å². The zero-order chi connectivity index (χ0) is 13.1. The van der Waals surface area contributed by atoms with Crippen molar-refractivity contribution in [2.45, 2.75) is 26.0 Å². The molecule has 0 amide bonds. The summed E-state index contributed by atoms with van der Waals surface area (Å²) in [5, 5.41) is 8.49. The molecule has 1 rings (SSSR count). The van der Waals surface area contributed by atoms with Gasteiger partial charge in [0.1, 0.15) is 5.75 Å². The molecule has 6 nitrogen and oxygen atoms in total. The maximum atomic E-state index is 11.5. The predicted molar refractivity (Wildman–Crippen MR) is 62.7 cm³/mol. The lowest BCUT2D eigenvalue weighted by molar-refractivity contribution is -0.134. The summed E-state index contributed by atoms with van der Waals surface area (Å²) in [4.78, 5) is 12.5. The van der Waals surface area contributed by atoms with Crippen LogP contribution in [-0.4, -0.2) is 67.7 Å². The second kappa shape index (κ2) is 5.79. The van der Waals surface area contributed by atoms with Gasteiger partial charge in [0.2, 0.25) is 0 Å². The van der Waals surface area contributed by atoms with Crippen molar-refractivity contribution in [2.24, 2.45) is 0 Å². The van der Waals surface area contributed by atoms with Crippen molar-refractivity contribution >= 4 is 15.8 Å². The molecule has 0 saturated carbocycles. The van der Waals surface area contributed by atoms with Crippen LogP contribution in [0.15, 0.2) is 0 Å². The number of carboxylic acids is 1. The first-order valence-electron chi connectivity index (χ1n) is 5.58. The quantitative estimate of drug-likeness (QED) is 0.728. The first-order valence-corrected chi connectivity index (χ1v) is 7.40. The number of nitrogens with zero attached hydrogens (tertiary/aromatic N) is 1. The summed E-state index contributed by atoms with van der Waals surface area (Å²) in [5.41, 5.74) is 0. The second-order valence-electron chi connectivity index (χ2n) is 4.53. The number of sulfone groups is 1. The van der Waals surface area contributed by atoms with E-state index in [4.69, 9.17) is 9.84 Å². The molecule has 1 N–H and O–H groups in total. The van der Waals surface area contributed by atoms with Gasteiger partial charge in [0.15, 0.2) is 9.84 Å². The van der Waals surface area contributed by atoms with Gasteiger partial charge >= 0.3 is 5.97 Å². The van der Waals surface area contributed by atoms with Gasteiger partial charge in [-0.3, -0.25) is 9.69 Å². The first kappa shape index (κ1) is 14.4. The molecule has 7 heteroatoms. The molecule has 1 unspecified atom stereocenters. The highest BCUT2D eigenvalue weighted by Gasteiger charge is 2.28. The Labute approximate surface area is 101 Å². The Morgan fingerprint density at radius 2 is 2.18 bits per heavy atom. The maximum absolute atomic E-state index is 11.5. The molecule has 17 heavy (non-hydrogen) atoms. The number of aliphatic carboxylic acids is 1. The summed E-state index contributed by atoms with van der Waals surface area (Å²) in [7, 11) is -3.58. The SMILES string of the molecule is CC(C)N1CCOC(CS(=O)(=O)CC(=O)O)C1. The molecule has 0 radical (unpaired) electrons. The van der Waals surface area contributed by atoms with Crippen LogP contribution in [-0.2, 0) is 19.4 Å². The standard InChI is InChI=1S/C10H19NO5S/c1-8(2)11-3-4-16-9(5-11)6-17(14,15)7-10(12)13/h8-9H,3-7H2,1-2H3,(H,12,13). The third-order valence-electron chi connectivity index (χ3n) is 2.68. The van der Waals surface area contributed by atoms with E-state index in [-0.39, 0.29) is 5.75 Å². The molecule has 0 spiro atoms. The smallest absolute Gasteiger partial charge is 0.318 e. The fourth-order valence-corrected chi connectivity index (χ4v) is 3.10.